The standard InChI is InChI=1S/C23H26O3/c1-2-3-4-5-11-16-25-21-17-22(26-18-12-7-6-8-13-18)23(24)20-15-10-9-14-19(20)21/h6-10,12-15,17,24H,2-5,11,16H2,1H3. The van der Waals surface area contributed by atoms with E-state index in [0.717, 1.165) is 22.9 Å². The third kappa shape index (κ3) is 4.48. The van der Waals surface area contributed by atoms with Crippen LogP contribution in [0.5, 0.6) is 23.0 Å². The average molecular weight is 350 g/mol. The zero-order chi connectivity index (χ0) is 18.2. The van der Waals surface area contributed by atoms with Crippen LogP contribution in [0, 0.1) is 0 Å². The molecule has 3 nitrogen and oxygen atoms in total. The molecule has 26 heavy (non-hydrogen) atoms. The second kappa shape index (κ2) is 9.14. The van der Waals surface area contributed by atoms with E-state index in [2.05, 4.69) is 6.92 Å². The number of hydrogen-bond donors (Lipinski definition) is 1. The number of para-hydroxylation sites is 1. The van der Waals surface area contributed by atoms with Gasteiger partial charge in [0.05, 0.1) is 6.61 Å². The Morgan fingerprint density at radius 1 is 0.769 bits per heavy atom. The summed E-state index contributed by atoms with van der Waals surface area (Å²) in [6.07, 6.45) is 5.97. The molecule has 136 valence electrons. The molecule has 0 unspecified atom stereocenters. The molecule has 0 fully saturated rings. The summed E-state index contributed by atoms with van der Waals surface area (Å²) in [6.45, 7) is 2.89. The zero-order valence-corrected chi connectivity index (χ0v) is 15.3. The van der Waals surface area contributed by atoms with Crippen LogP contribution in [-0.4, -0.2) is 11.7 Å². The third-order valence-electron chi connectivity index (χ3n) is 4.42. The lowest BCUT2D eigenvalue weighted by atomic mass is 10.1. The van der Waals surface area contributed by atoms with Gasteiger partial charge in [-0.25, -0.2) is 0 Å². The summed E-state index contributed by atoms with van der Waals surface area (Å²) in [5.41, 5.74) is 0. The van der Waals surface area contributed by atoms with Crippen LogP contribution in [0.3, 0.4) is 0 Å². The summed E-state index contributed by atoms with van der Waals surface area (Å²) in [5.74, 6) is 1.99. The number of unbranched alkanes of at least 4 members (excludes halogenated alkanes) is 4. The first-order chi connectivity index (χ1) is 12.8. The molecule has 0 heterocycles. The van der Waals surface area contributed by atoms with Crippen LogP contribution in [0.4, 0.5) is 0 Å². The van der Waals surface area contributed by atoms with Gasteiger partial charge in [-0.05, 0) is 18.6 Å². The van der Waals surface area contributed by atoms with Gasteiger partial charge in [-0.15, -0.1) is 0 Å². The van der Waals surface area contributed by atoms with Crippen molar-refractivity contribution in [2.45, 2.75) is 39.0 Å². The first-order valence-corrected chi connectivity index (χ1v) is 9.40. The van der Waals surface area contributed by atoms with E-state index >= 15 is 0 Å². The van der Waals surface area contributed by atoms with E-state index in [0.29, 0.717) is 18.1 Å². The number of aromatic hydroxyl groups is 1. The van der Waals surface area contributed by atoms with Gasteiger partial charge in [0, 0.05) is 16.8 Å². The van der Waals surface area contributed by atoms with Crippen LogP contribution < -0.4 is 9.47 Å². The molecule has 3 heteroatoms. The number of phenols is 1. The lowest BCUT2D eigenvalue weighted by Gasteiger charge is -2.15. The highest BCUT2D eigenvalue weighted by Gasteiger charge is 2.14. The van der Waals surface area contributed by atoms with Gasteiger partial charge in [0.25, 0.3) is 0 Å². The van der Waals surface area contributed by atoms with Crippen LogP contribution in [0.15, 0.2) is 60.7 Å². The van der Waals surface area contributed by atoms with Crippen molar-refractivity contribution >= 4 is 10.8 Å². The number of rotatable bonds is 9. The lowest BCUT2D eigenvalue weighted by molar-refractivity contribution is 0.306. The SMILES string of the molecule is CCCCCCCOc1cc(Oc2ccccc2)c(O)c2ccccc12. The molecule has 1 N–H and O–H groups in total. The van der Waals surface area contributed by atoms with Crippen molar-refractivity contribution in [2.24, 2.45) is 0 Å². The highest BCUT2D eigenvalue weighted by molar-refractivity contribution is 5.95. The molecule has 0 radical (unpaired) electrons. The average Bonchev–Trinajstić information content (AvgIpc) is 2.68. The minimum absolute atomic E-state index is 0.139. The third-order valence-corrected chi connectivity index (χ3v) is 4.42. The van der Waals surface area contributed by atoms with E-state index in [4.69, 9.17) is 9.47 Å². The van der Waals surface area contributed by atoms with Gasteiger partial charge in [-0.2, -0.15) is 0 Å². The molecule has 3 rings (SSSR count). The number of hydrogen-bond acceptors (Lipinski definition) is 3. The second-order valence-corrected chi connectivity index (χ2v) is 6.44. The summed E-state index contributed by atoms with van der Waals surface area (Å²) in [5, 5.41) is 12.3. The van der Waals surface area contributed by atoms with Gasteiger partial charge in [0.15, 0.2) is 11.5 Å². The van der Waals surface area contributed by atoms with E-state index in [1.807, 2.05) is 54.6 Å². The fourth-order valence-corrected chi connectivity index (χ4v) is 3.00. The van der Waals surface area contributed by atoms with Gasteiger partial charge in [-0.1, -0.05) is 75.1 Å². The topological polar surface area (TPSA) is 38.7 Å². The summed E-state index contributed by atoms with van der Waals surface area (Å²) >= 11 is 0. The first-order valence-electron chi connectivity index (χ1n) is 9.40. The molecule has 0 saturated heterocycles. The number of benzene rings is 3. The highest BCUT2D eigenvalue weighted by Crippen LogP contribution is 2.42. The van der Waals surface area contributed by atoms with Crippen LogP contribution in [-0.2, 0) is 0 Å². The van der Waals surface area contributed by atoms with Gasteiger partial charge < -0.3 is 14.6 Å². The fourth-order valence-electron chi connectivity index (χ4n) is 3.00. The van der Waals surface area contributed by atoms with E-state index in [1.54, 1.807) is 6.07 Å². The monoisotopic (exact) mass is 350 g/mol. The number of phenolic OH excluding ortho intramolecular Hbond substituents is 1. The molecule has 0 saturated carbocycles. The molecule has 3 aromatic carbocycles. The van der Waals surface area contributed by atoms with Crippen LogP contribution in [0.25, 0.3) is 10.8 Å². The van der Waals surface area contributed by atoms with Crippen molar-refractivity contribution in [3.63, 3.8) is 0 Å². The Hall–Kier alpha value is -2.68. The van der Waals surface area contributed by atoms with Crippen molar-refractivity contribution in [1.82, 2.24) is 0 Å². The van der Waals surface area contributed by atoms with Crippen molar-refractivity contribution in [3.05, 3.63) is 60.7 Å². The minimum atomic E-state index is 0.139. The molecule has 0 spiro atoms. The maximum atomic E-state index is 10.6. The molecular formula is C23H26O3. The molecule has 0 aliphatic heterocycles. The van der Waals surface area contributed by atoms with E-state index in [-0.39, 0.29) is 5.75 Å². The maximum Gasteiger partial charge on any atom is 0.173 e. The van der Waals surface area contributed by atoms with Crippen LogP contribution in [0.1, 0.15) is 39.0 Å². The Bertz CT molecular complexity index is 827. The van der Waals surface area contributed by atoms with Gasteiger partial charge in [0.1, 0.15) is 11.5 Å². The van der Waals surface area contributed by atoms with Gasteiger partial charge in [-0.3, -0.25) is 0 Å². The van der Waals surface area contributed by atoms with Crippen LogP contribution in [0.2, 0.25) is 0 Å². The molecule has 0 atom stereocenters. The smallest absolute Gasteiger partial charge is 0.173 e. The molecule has 0 aromatic heterocycles. The predicted octanol–water partition coefficient (Wildman–Crippen LogP) is 6.69. The van der Waals surface area contributed by atoms with E-state index in [1.165, 1.54) is 25.7 Å². The van der Waals surface area contributed by atoms with Gasteiger partial charge in [0.2, 0.25) is 0 Å². The fraction of sp³-hybridized carbons (Fsp3) is 0.304. The van der Waals surface area contributed by atoms with Crippen molar-refractivity contribution in [3.8, 4) is 23.0 Å². The molecule has 0 aliphatic carbocycles. The molecular weight excluding hydrogens is 324 g/mol. The quantitative estimate of drug-likeness (QED) is 0.437. The summed E-state index contributed by atoms with van der Waals surface area (Å²) in [6, 6.07) is 19.0. The maximum absolute atomic E-state index is 10.6. The zero-order valence-electron chi connectivity index (χ0n) is 15.3. The Morgan fingerprint density at radius 2 is 1.46 bits per heavy atom. The highest BCUT2D eigenvalue weighted by atomic mass is 16.5. The number of fused-ring (bicyclic) bond motifs is 1. The molecule has 3 aromatic rings. The summed E-state index contributed by atoms with van der Waals surface area (Å²) < 4.78 is 11.9. The van der Waals surface area contributed by atoms with E-state index < -0.39 is 0 Å². The van der Waals surface area contributed by atoms with Gasteiger partial charge >= 0.3 is 0 Å². The summed E-state index contributed by atoms with van der Waals surface area (Å²) in [7, 11) is 0. The summed E-state index contributed by atoms with van der Waals surface area (Å²) in [4.78, 5) is 0. The Morgan fingerprint density at radius 3 is 2.23 bits per heavy atom. The molecule has 0 amide bonds. The molecule has 0 bridgehead atoms. The number of ether oxygens (including phenoxy) is 2. The Labute approximate surface area is 155 Å². The van der Waals surface area contributed by atoms with Crippen LogP contribution >= 0.6 is 0 Å². The second-order valence-electron chi connectivity index (χ2n) is 6.44. The van der Waals surface area contributed by atoms with Crippen molar-refractivity contribution < 1.29 is 14.6 Å². The Kier molecular flexibility index (Phi) is 6.37. The predicted molar refractivity (Wildman–Crippen MR) is 106 cm³/mol. The Balaban J connectivity index is 1.81. The molecule has 0 aliphatic rings. The van der Waals surface area contributed by atoms with E-state index in [9.17, 15) is 5.11 Å². The van der Waals surface area contributed by atoms with Crippen molar-refractivity contribution in [2.75, 3.05) is 6.61 Å². The minimum Gasteiger partial charge on any atom is -0.504 e. The normalized spacial score (nSPS) is 10.8. The lowest BCUT2D eigenvalue weighted by Crippen LogP contribution is -1.99. The first kappa shape index (κ1) is 18.1. The van der Waals surface area contributed by atoms with Crippen molar-refractivity contribution in [1.29, 1.82) is 0 Å². The largest absolute Gasteiger partial charge is 0.504 e.